The predicted octanol–water partition coefficient (Wildman–Crippen LogP) is 3.72. The highest BCUT2D eigenvalue weighted by Gasteiger charge is 2.16. The number of carbonyl (C=O) groups excluding carboxylic acids is 2. The van der Waals surface area contributed by atoms with Crippen LogP contribution in [0.3, 0.4) is 0 Å². The molecule has 134 valence electrons. The van der Waals surface area contributed by atoms with Crippen LogP contribution in [0.25, 0.3) is 0 Å². The van der Waals surface area contributed by atoms with Crippen molar-refractivity contribution in [2.75, 3.05) is 0 Å². The van der Waals surface area contributed by atoms with Crippen LogP contribution in [-0.2, 0) is 16.6 Å². The Morgan fingerprint density at radius 2 is 1.73 bits per heavy atom. The number of hydrogen-bond donors (Lipinski definition) is 1. The molecule has 0 atom stereocenters. The number of benzene rings is 1. The standard InChI is InChI=1S/C18H15NO4S3/c1-12(20)13-2-5-16(6-3-13)26(22,23)19-10-15-4-7-17(25-15)18(21)14-8-9-24-11-14/h2-9,11,19H,10H2,1H3. The fourth-order valence-corrected chi connectivity index (χ4v) is 4.89. The van der Waals surface area contributed by atoms with E-state index in [1.54, 1.807) is 23.6 Å². The van der Waals surface area contributed by atoms with Crippen LogP contribution < -0.4 is 4.72 Å². The number of carbonyl (C=O) groups is 2. The van der Waals surface area contributed by atoms with E-state index in [0.29, 0.717) is 16.0 Å². The smallest absolute Gasteiger partial charge is 0.240 e. The summed E-state index contributed by atoms with van der Waals surface area (Å²) in [6.45, 7) is 1.52. The normalized spacial score (nSPS) is 11.4. The fraction of sp³-hybridized carbons (Fsp3) is 0.111. The first-order valence-electron chi connectivity index (χ1n) is 7.63. The molecule has 0 amide bonds. The van der Waals surface area contributed by atoms with Crippen LogP contribution in [0.4, 0.5) is 0 Å². The quantitative estimate of drug-likeness (QED) is 0.608. The highest BCUT2D eigenvalue weighted by atomic mass is 32.2. The third-order valence-corrected chi connectivity index (χ3v) is 6.86. The van der Waals surface area contributed by atoms with Crippen molar-refractivity contribution in [1.82, 2.24) is 4.72 Å². The van der Waals surface area contributed by atoms with E-state index >= 15 is 0 Å². The minimum atomic E-state index is -3.69. The Kier molecular flexibility index (Phi) is 5.47. The number of thiophene rings is 2. The van der Waals surface area contributed by atoms with E-state index in [1.165, 1.54) is 53.9 Å². The largest absolute Gasteiger partial charge is 0.295 e. The Balaban J connectivity index is 1.68. The van der Waals surface area contributed by atoms with Crippen LogP contribution in [0.15, 0.2) is 58.1 Å². The second kappa shape index (κ2) is 7.63. The molecule has 0 bridgehead atoms. The molecule has 0 aliphatic rings. The second-order valence-corrected chi connectivity index (χ2v) is 9.23. The van der Waals surface area contributed by atoms with Gasteiger partial charge in [-0.15, -0.1) is 11.3 Å². The van der Waals surface area contributed by atoms with Gasteiger partial charge in [-0.25, -0.2) is 13.1 Å². The van der Waals surface area contributed by atoms with Crippen molar-refractivity contribution in [3.8, 4) is 0 Å². The second-order valence-electron chi connectivity index (χ2n) is 5.51. The van der Waals surface area contributed by atoms with E-state index in [1.807, 2.05) is 5.38 Å². The first kappa shape index (κ1) is 18.7. The van der Waals surface area contributed by atoms with Crippen molar-refractivity contribution in [1.29, 1.82) is 0 Å². The topological polar surface area (TPSA) is 80.3 Å². The molecule has 26 heavy (non-hydrogen) atoms. The van der Waals surface area contributed by atoms with Crippen LogP contribution in [-0.4, -0.2) is 20.0 Å². The lowest BCUT2D eigenvalue weighted by atomic mass is 10.2. The lowest BCUT2D eigenvalue weighted by Gasteiger charge is -2.06. The van der Waals surface area contributed by atoms with Crippen molar-refractivity contribution < 1.29 is 18.0 Å². The summed E-state index contributed by atoms with van der Waals surface area (Å²) in [6, 6.07) is 11.0. The van der Waals surface area contributed by atoms with Gasteiger partial charge in [0, 0.05) is 27.9 Å². The number of rotatable bonds is 7. The van der Waals surface area contributed by atoms with Gasteiger partial charge >= 0.3 is 0 Å². The summed E-state index contributed by atoms with van der Waals surface area (Å²) in [6.07, 6.45) is 0. The van der Waals surface area contributed by atoms with Gasteiger partial charge in [0.05, 0.1) is 9.77 Å². The van der Waals surface area contributed by atoms with Gasteiger partial charge in [0.2, 0.25) is 15.8 Å². The highest BCUT2D eigenvalue weighted by Crippen LogP contribution is 2.22. The van der Waals surface area contributed by atoms with Gasteiger partial charge in [-0.2, -0.15) is 11.3 Å². The van der Waals surface area contributed by atoms with E-state index in [4.69, 9.17) is 0 Å². The van der Waals surface area contributed by atoms with Crippen molar-refractivity contribution in [2.24, 2.45) is 0 Å². The SMILES string of the molecule is CC(=O)c1ccc(S(=O)(=O)NCc2ccc(C(=O)c3ccsc3)s2)cc1. The van der Waals surface area contributed by atoms with Crippen LogP contribution in [0.5, 0.6) is 0 Å². The van der Waals surface area contributed by atoms with Crippen molar-refractivity contribution in [3.63, 3.8) is 0 Å². The number of nitrogens with one attached hydrogen (secondary N) is 1. The summed E-state index contributed by atoms with van der Waals surface area (Å²) in [4.78, 5) is 25.0. The average molecular weight is 406 g/mol. The van der Waals surface area contributed by atoms with E-state index < -0.39 is 10.0 Å². The summed E-state index contributed by atoms with van der Waals surface area (Å²) in [5, 5.41) is 3.63. The Labute approximate surface area is 159 Å². The molecule has 0 unspecified atom stereocenters. The van der Waals surface area contributed by atoms with Crippen LogP contribution in [0, 0.1) is 0 Å². The molecule has 0 fully saturated rings. The monoisotopic (exact) mass is 405 g/mol. The first-order valence-corrected chi connectivity index (χ1v) is 10.9. The van der Waals surface area contributed by atoms with Crippen molar-refractivity contribution in [2.45, 2.75) is 18.4 Å². The van der Waals surface area contributed by atoms with Gasteiger partial charge in [-0.05, 0) is 42.6 Å². The highest BCUT2D eigenvalue weighted by molar-refractivity contribution is 7.89. The molecule has 0 spiro atoms. The summed E-state index contributed by atoms with van der Waals surface area (Å²) in [5.74, 6) is -0.187. The summed E-state index contributed by atoms with van der Waals surface area (Å²) in [5.41, 5.74) is 1.09. The Morgan fingerprint density at radius 3 is 2.35 bits per heavy atom. The maximum atomic E-state index is 12.4. The molecule has 0 aliphatic carbocycles. The molecule has 8 heteroatoms. The van der Waals surface area contributed by atoms with E-state index in [2.05, 4.69) is 4.72 Å². The van der Waals surface area contributed by atoms with E-state index in [0.717, 1.165) is 4.88 Å². The Bertz CT molecular complexity index is 1030. The van der Waals surface area contributed by atoms with Crippen molar-refractivity contribution >= 4 is 44.3 Å². The minimum Gasteiger partial charge on any atom is -0.295 e. The molecule has 0 saturated carbocycles. The molecule has 1 aromatic carbocycles. The van der Waals surface area contributed by atoms with Crippen LogP contribution in [0.1, 0.15) is 37.4 Å². The third-order valence-electron chi connectivity index (χ3n) is 3.68. The van der Waals surface area contributed by atoms with Crippen LogP contribution >= 0.6 is 22.7 Å². The number of sulfonamides is 1. The van der Waals surface area contributed by atoms with Crippen molar-refractivity contribution in [3.05, 3.63) is 74.1 Å². The number of Topliss-reactive ketones (excluding diaryl/α,β-unsaturated/α-hetero) is 1. The third kappa shape index (κ3) is 4.16. The van der Waals surface area contributed by atoms with E-state index in [9.17, 15) is 18.0 Å². The summed E-state index contributed by atoms with van der Waals surface area (Å²) < 4.78 is 27.2. The first-order chi connectivity index (χ1) is 12.4. The molecule has 2 heterocycles. The number of ketones is 2. The molecule has 0 saturated heterocycles. The number of hydrogen-bond acceptors (Lipinski definition) is 6. The predicted molar refractivity (Wildman–Crippen MR) is 103 cm³/mol. The van der Waals surface area contributed by atoms with Gasteiger partial charge < -0.3 is 0 Å². The zero-order valence-electron chi connectivity index (χ0n) is 13.8. The lowest BCUT2D eigenvalue weighted by Crippen LogP contribution is -2.22. The fourth-order valence-electron chi connectivity index (χ4n) is 2.25. The molecule has 1 N–H and O–H groups in total. The maximum Gasteiger partial charge on any atom is 0.240 e. The van der Waals surface area contributed by atoms with Crippen LogP contribution in [0.2, 0.25) is 0 Å². The minimum absolute atomic E-state index is 0.0646. The molecular weight excluding hydrogens is 390 g/mol. The zero-order valence-corrected chi connectivity index (χ0v) is 16.2. The summed E-state index contributed by atoms with van der Waals surface area (Å²) >= 11 is 2.72. The van der Waals surface area contributed by atoms with Gasteiger partial charge in [0.15, 0.2) is 5.78 Å². The van der Waals surface area contributed by atoms with Gasteiger partial charge in [0.25, 0.3) is 0 Å². The average Bonchev–Trinajstić information content (AvgIpc) is 3.31. The molecule has 2 aromatic heterocycles. The molecule has 0 aliphatic heterocycles. The zero-order chi connectivity index (χ0) is 18.7. The maximum absolute atomic E-state index is 12.4. The molecular formula is C18H15NO4S3. The molecule has 5 nitrogen and oxygen atoms in total. The van der Waals surface area contributed by atoms with Gasteiger partial charge in [0.1, 0.15) is 0 Å². The Hall–Kier alpha value is -2.13. The van der Waals surface area contributed by atoms with Gasteiger partial charge in [-0.1, -0.05) is 12.1 Å². The molecule has 3 rings (SSSR count). The molecule has 0 radical (unpaired) electrons. The van der Waals surface area contributed by atoms with Gasteiger partial charge in [-0.3, -0.25) is 9.59 Å². The molecule has 3 aromatic rings. The Morgan fingerprint density at radius 1 is 1.00 bits per heavy atom. The summed E-state index contributed by atoms with van der Waals surface area (Å²) in [7, 11) is -3.69. The van der Waals surface area contributed by atoms with E-state index in [-0.39, 0.29) is 23.0 Å². The lowest BCUT2D eigenvalue weighted by molar-refractivity contribution is 0.101.